The van der Waals surface area contributed by atoms with E-state index in [4.69, 9.17) is 0 Å². The van der Waals surface area contributed by atoms with Crippen molar-refractivity contribution in [2.75, 3.05) is 0 Å². The maximum atomic E-state index is 4.68. The van der Waals surface area contributed by atoms with E-state index >= 15 is 0 Å². The molecule has 0 saturated carbocycles. The monoisotopic (exact) mass is 317 g/mol. The van der Waals surface area contributed by atoms with Crippen LogP contribution in [0.3, 0.4) is 0 Å². The van der Waals surface area contributed by atoms with Crippen molar-refractivity contribution in [2.45, 2.75) is 24.3 Å². The van der Waals surface area contributed by atoms with Crippen LogP contribution in [0.1, 0.15) is 18.2 Å². The number of aromatic nitrogens is 5. The van der Waals surface area contributed by atoms with Gasteiger partial charge >= 0.3 is 0 Å². The van der Waals surface area contributed by atoms with Gasteiger partial charge in [0, 0.05) is 23.7 Å². The van der Waals surface area contributed by atoms with Crippen LogP contribution in [0, 0.1) is 0 Å². The Morgan fingerprint density at radius 3 is 2.71 bits per heavy atom. The quantitative estimate of drug-likeness (QED) is 0.676. The minimum Gasteiger partial charge on any atom is -0.240 e. The van der Waals surface area contributed by atoms with Crippen LogP contribution < -0.4 is 0 Å². The molecule has 0 spiro atoms. The normalized spacial score (nSPS) is 11.0. The average molecular weight is 317 g/mol. The molecule has 0 bridgehead atoms. The van der Waals surface area contributed by atoms with Gasteiger partial charge in [-0.25, -0.2) is 9.67 Å². The zero-order chi connectivity index (χ0) is 14.7. The molecular formula is C14H15N5S2. The molecule has 0 atom stereocenters. The van der Waals surface area contributed by atoms with E-state index in [0.29, 0.717) is 0 Å². The number of hydrogen-bond acceptors (Lipinski definition) is 6. The second kappa shape index (κ2) is 6.36. The van der Waals surface area contributed by atoms with E-state index in [2.05, 4.69) is 57.1 Å². The van der Waals surface area contributed by atoms with Gasteiger partial charge in [-0.15, -0.1) is 16.4 Å². The van der Waals surface area contributed by atoms with E-state index in [-0.39, 0.29) is 0 Å². The smallest absolute Gasteiger partial charge is 0.209 e. The highest BCUT2D eigenvalue weighted by molar-refractivity contribution is 7.98. The summed E-state index contributed by atoms with van der Waals surface area (Å²) < 4.78 is 1.67. The van der Waals surface area contributed by atoms with Crippen LogP contribution in [0.2, 0.25) is 0 Å². The molecule has 0 N–H and O–H groups in total. The average Bonchev–Trinajstić information content (AvgIpc) is 3.14. The lowest BCUT2D eigenvalue weighted by Gasteiger charge is -1.99. The molecule has 0 aliphatic heterocycles. The van der Waals surface area contributed by atoms with Crippen molar-refractivity contribution in [3.8, 4) is 10.6 Å². The lowest BCUT2D eigenvalue weighted by Crippen LogP contribution is -1.93. The summed E-state index contributed by atoms with van der Waals surface area (Å²) in [6.07, 6.45) is 1.06. The summed E-state index contributed by atoms with van der Waals surface area (Å²) in [5.74, 6) is 0.776. The summed E-state index contributed by atoms with van der Waals surface area (Å²) in [4.78, 5) is 4.68. The number of tetrazole rings is 1. The topological polar surface area (TPSA) is 56.5 Å². The molecule has 3 rings (SSSR count). The van der Waals surface area contributed by atoms with Crippen molar-refractivity contribution >= 4 is 23.1 Å². The van der Waals surface area contributed by atoms with E-state index < -0.39 is 0 Å². The third-order valence-electron chi connectivity index (χ3n) is 3.09. The molecular weight excluding hydrogens is 302 g/mol. The second-order valence-corrected chi connectivity index (χ2v) is 6.37. The van der Waals surface area contributed by atoms with Crippen LogP contribution in [-0.2, 0) is 19.2 Å². The van der Waals surface area contributed by atoms with Crippen molar-refractivity contribution in [1.29, 1.82) is 0 Å². The molecule has 0 amide bonds. The third kappa shape index (κ3) is 3.30. The predicted molar refractivity (Wildman–Crippen MR) is 85.3 cm³/mol. The SMILES string of the molecule is CCc1ccc(-c2nc(CSc3nnnn3C)cs2)cc1. The second-order valence-electron chi connectivity index (χ2n) is 4.57. The highest BCUT2D eigenvalue weighted by Crippen LogP contribution is 2.27. The first-order valence-corrected chi connectivity index (χ1v) is 8.51. The number of thioether (sulfide) groups is 1. The van der Waals surface area contributed by atoms with Gasteiger partial charge in [0.05, 0.1) is 5.69 Å². The van der Waals surface area contributed by atoms with Gasteiger partial charge in [0.1, 0.15) is 5.01 Å². The van der Waals surface area contributed by atoms with Crippen molar-refractivity contribution in [3.05, 3.63) is 40.9 Å². The molecule has 2 heterocycles. The van der Waals surface area contributed by atoms with E-state index in [9.17, 15) is 0 Å². The number of hydrogen-bond donors (Lipinski definition) is 0. The van der Waals surface area contributed by atoms with Crippen molar-refractivity contribution in [2.24, 2.45) is 7.05 Å². The molecule has 0 aliphatic carbocycles. The largest absolute Gasteiger partial charge is 0.240 e. The molecule has 21 heavy (non-hydrogen) atoms. The molecule has 0 saturated heterocycles. The Labute approximate surface area is 131 Å². The van der Waals surface area contributed by atoms with Crippen molar-refractivity contribution < 1.29 is 0 Å². The third-order valence-corrected chi connectivity index (χ3v) is 5.08. The Morgan fingerprint density at radius 1 is 1.24 bits per heavy atom. The Morgan fingerprint density at radius 2 is 2.05 bits per heavy atom. The lowest BCUT2D eigenvalue weighted by atomic mass is 10.1. The lowest BCUT2D eigenvalue weighted by molar-refractivity contribution is 0.664. The van der Waals surface area contributed by atoms with Gasteiger partial charge < -0.3 is 0 Å². The summed E-state index contributed by atoms with van der Waals surface area (Å²) in [6.45, 7) is 2.16. The first-order chi connectivity index (χ1) is 10.3. The van der Waals surface area contributed by atoms with E-state index in [1.54, 1.807) is 27.8 Å². The highest BCUT2D eigenvalue weighted by Gasteiger charge is 2.08. The summed E-state index contributed by atoms with van der Waals surface area (Å²) in [7, 11) is 1.84. The van der Waals surface area contributed by atoms with Gasteiger partial charge in [0.25, 0.3) is 0 Å². The zero-order valence-electron chi connectivity index (χ0n) is 11.9. The molecule has 3 aromatic rings. The summed E-state index contributed by atoms with van der Waals surface area (Å²) in [5, 5.41) is 15.4. The Bertz CT molecular complexity index is 717. The van der Waals surface area contributed by atoms with Crippen molar-refractivity contribution in [3.63, 3.8) is 0 Å². The van der Waals surface area contributed by atoms with E-state index in [0.717, 1.165) is 28.0 Å². The van der Waals surface area contributed by atoms with Gasteiger partial charge in [-0.05, 0) is 22.4 Å². The minimum atomic E-state index is 0.776. The fourth-order valence-corrected chi connectivity index (χ4v) is 3.54. The molecule has 0 unspecified atom stereocenters. The minimum absolute atomic E-state index is 0.776. The molecule has 0 aliphatic rings. The fraction of sp³-hybridized carbons (Fsp3) is 0.286. The summed E-state index contributed by atoms with van der Waals surface area (Å²) in [5.41, 5.74) is 3.58. The zero-order valence-corrected chi connectivity index (χ0v) is 13.5. The predicted octanol–water partition coefficient (Wildman–Crippen LogP) is 3.19. The molecule has 2 aromatic heterocycles. The van der Waals surface area contributed by atoms with Crippen LogP contribution in [0.25, 0.3) is 10.6 Å². The number of benzene rings is 1. The van der Waals surface area contributed by atoms with Crippen molar-refractivity contribution in [1.82, 2.24) is 25.2 Å². The van der Waals surface area contributed by atoms with Gasteiger partial charge in [-0.3, -0.25) is 0 Å². The first-order valence-electron chi connectivity index (χ1n) is 6.65. The standard InChI is InChI=1S/C14H15N5S2/c1-3-10-4-6-11(7-5-10)13-15-12(8-20-13)9-21-14-16-17-18-19(14)2/h4-8H,3,9H2,1-2H3. The van der Waals surface area contributed by atoms with Crippen LogP contribution >= 0.6 is 23.1 Å². The maximum absolute atomic E-state index is 4.68. The summed E-state index contributed by atoms with van der Waals surface area (Å²) in [6, 6.07) is 8.61. The Balaban J connectivity index is 1.69. The Hall–Kier alpha value is -1.73. The molecule has 0 fully saturated rings. The molecule has 108 valence electrons. The number of aryl methyl sites for hydroxylation is 2. The molecule has 0 radical (unpaired) electrons. The number of thiazole rings is 1. The number of nitrogens with zero attached hydrogens (tertiary/aromatic N) is 5. The molecule has 7 heteroatoms. The van der Waals surface area contributed by atoms with Gasteiger partial charge in [-0.1, -0.05) is 43.0 Å². The molecule has 1 aromatic carbocycles. The van der Waals surface area contributed by atoms with E-state index in [1.807, 2.05) is 7.05 Å². The van der Waals surface area contributed by atoms with Crippen LogP contribution in [0.5, 0.6) is 0 Å². The van der Waals surface area contributed by atoms with Crippen LogP contribution in [0.15, 0.2) is 34.8 Å². The summed E-state index contributed by atoms with van der Waals surface area (Å²) >= 11 is 3.27. The van der Waals surface area contributed by atoms with Crippen LogP contribution in [0.4, 0.5) is 0 Å². The van der Waals surface area contributed by atoms with Gasteiger partial charge in [0.2, 0.25) is 5.16 Å². The first kappa shape index (κ1) is 14.2. The number of rotatable bonds is 5. The maximum Gasteiger partial charge on any atom is 0.209 e. The van der Waals surface area contributed by atoms with Crippen LogP contribution in [-0.4, -0.2) is 25.2 Å². The highest BCUT2D eigenvalue weighted by atomic mass is 32.2. The Kier molecular flexibility index (Phi) is 4.31. The molecule has 5 nitrogen and oxygen atoms in total. The fourth-order valence-electron chi connectivity index (χ4n) is 1.87. The van der Waals surface area contributed by atoms with Gasteiger partial charge in [-0.2, -0.15) is 0 Å². The van der Waals surface area contributed by atoms with Gasteiger partial charge in [0.15, 0.2) is 0 Å². The van der Waals surface area contributed by atoms with E-state index in [1.165, 1.54) is 11.1 Å².